The first-order valence-electron chi connectivity index (χ1n) is 8.91. The van der Waals surface area contributed by atoms with Crippen molar-refractivity contribution in [1.29, 1.82) is 0 Å². The van der Waals surface area contributed by atoms with E-state index in [1.54, 1.807) is 18.2 Å². The van der Waals surface area contributed by atoms with E-state index >= 15 is 0 Å². The zero-order valence-corrected chi connectivity index (χ0v) is 18.3. The summed E-state index contributed by atoms with van der Waals surface area (Å²) in [6.45, 7) is 0. The maximum Gasteiger partial charge on any atom is 0.335 e. The maximum absolute atomic E-state index is 13.3. The van der Waals surface area contributed by atoms with Crippen LogP contribution in [-0.2, 0) is 25.4 Å². The summed E-state index contributed by atoms with van der Waals surface area (Å²) in [5.41, 5.74) is 0.919. The number of sulfone groups is 2. The highest BCUT2D eigenvalue weighted by Crippen LogP contribution is 2.32. The maximum atomic E-state index is 13.3. The van der Waals surface area contributed by atoms with Crippen LogP contribution in [0.2, 0.25) is 0 Å². The van der Waals surface area contributed by atoms with Gasteiger partial charge in [0.2, 0.25) is 0 Å². The molecule has 0 radical (unpaired) electrons. The van der Waals surface area contributed by atoms with Gasteiger partial charge in [-0.15, -0.1) is 0 Å². The fourth-order valence-electron chi connectivity index (χ4n) is 3.03. The summed E-state index contributed by atoms with van der Waals surface area (Å²) in [6.07, 6.45) is 2.57. The Kier molecular flexibility index (Phi) is 6.14. The van der Waals surface area contributed by atoms with E-state index < -0.39 is 31.4 Å². The summed E-state index contributed by atoms with van der Waals surface area (Å²) in [5, 5.41) is 9.24. The van der Waals surface area contributed by atoms with E-state index in [0.717, 1.165) is 12.3 Å². The van der Waals surface area contributed by atoms with Crippen molar-refractivity contribution in [3.63, 3.8) is 0 Å². The zero-order valence-electron chi connectivity index (χ0n) is 16.6. The van der Waals surface area contributed by atoms with Gasteiger partial charge in [-0.25, -0.2) is 21.6 Å². The van der Waals surface area contributed by atoms with Crippen molar-refractivity contribution in [2.24, 2.45) is 0 Å². The molecule has 31 heavy (non-hydrogen) atoms. The molecule has 0 atom stereocenters. The number of carbonyl (C=O) groups is 1. The minimum Gasteiger partial charge on any atom is -0.495 e. The zero-order chi connectivity index (χ0) is 22.8. The van der Waals surface area contributed by atoms with E-state index in [1.165, 1.54) is 43.6 Å². The lowest BCUT2D eigenvalue weighted by atomic mass is 10.1. The molecule has 0 aliphatic heterocycles. The van der Waals surface area contributed by atoms with Crippen LogP contribution >= 0.6 is 0 Å². The van der Waals surface area contributed by atoms with Crippen LogP contribution in [0.15, 0.2) is 70.6 Å². The SMILES string of the molecule is COc1ccc(C(=O)O)cc1S(=O)(=O)Cc1cc(S(C)(=O)=O)ccc1-c1ccccn1. The normalized spacial score (nSPS) is 11.8. The number of methoxy groups -OCH3 is 1. The second kappa shape index (κ2) is 8.48. The Hall–Kier alpha value is -3.24. The molecule has 3 rings (SSSR count). The van der Waals surface area contributed by atoms with Crippen molar-refractivity contribution in [3.05, 3.63) is 71.9 Å². The molecule has 0 fully saturated rings. The molecule has 10 heteroatoms. The van der Waals surface area contributed by atoms with Gasteiger partial charge in [-0.05, 0) is 48.0 Å². The van der Waals surface area contributed by atoms with Gasteiger partial charge in [-0.3, -0.25) is 4.98 Å². The molecular weight excluding hydrogens is 442 g/mol. The van der Waals surface area contributed by atoms with E-state index in [4.69, 9.17) is 4.74 Å². The lowest BCUT2D eigenvalue weighted by molar-refractivity contribution is 0.0696. The van der Waals surface area contributed by atoms with Crippen LogP contribution in [0.3, 0.4) is 0 Å². The average Bonchev–Trinajstić information content (AvgIpc) is 2.73. The number of hydrogen-bond acceptors (Lipinski definition) is 7. The number of pyridine rings is 1. The van der Waals surface area contributed by atoms with E-state index in [1.807, 2.05) is 0 Å². The van der Waals surface area contributed by atoms with Gasteiger partial charge < -0.3 is 9.84 Å². The monoisotopic (exact) mass is 461 g/mol. The molecular formula is C21H19NO7S2. The summed E-state index contributed by atoms with van der Waals surface area (Å²) in [4.78, 5) is 15.2. The first-order chi connectivity index (χ1) is 14.5. The molecule has 0 unspecified atom stereocenters. The van der Waals surface area contributed by atoms with Gasteiger partial charge in [0, 0.05) is 18.0 Å². The minimum absolute atomic E-state index is 0.0105. The van der Waals surface area contributed by atoms with Crippen LogP contribution in [0.5, 0.6) is 5.75 Å². The number of carboxylic acids is 1. The average molecular weight is 462 g/mol. The van der Waals surface area contributed by atoms with E-state index in [0.29, 0.717) is 11.3 Å². The van der Waals surface area contributed by atoms with Crippen molar-refractivity contribution in [1.82, 2.24) is 4.98 Å². The Morgan fingerprint density at radius 2 is 1.77 bits per heavy atom. The molecule has 3 aromatic rings. The van der Waals surface area contributed by atoms with E-state index in [2.05, 4.69) is 4.98 Å². The highest BCUT2D eigenvalue weighted by molar-refractivity contribution is 7.91. The molecule has 0 spiro atoms. The standard InChI is InChI=1S/C21H19NO7S2/c1-29-19-9-6-14(21(23)24)12-20(19)31(27,28)13-15-11-16(30(2,25)26)7-8-17(15)18-5-3-4-10-22-18/h3-12H,13H2,1-2H3,(H,23,24). The van der Waals surface area contributed by atoms with Gasteiger partial charge in [0.1, 0.15) is 10.6 Å². The van der Waals surface area contributed by atoms with Gasteiger partial charge in [0.05, 0.1) is 29.0 Å². The number of nitrogens with zero attached hydrogens (tertiary/aromatic N) is 1. The molecule has 0 saturated heterocycles. The van der Waals surface area contributed by atoms with Gasteiger partial charge in [0.25, 0.3) is 0 Å². The molecule has 0 aliphatic rings. The number of benzene rings is 2. The van der Waals surface area contributed by atoms with Crippen molar-refractivity contribution in [2.75, 3.05) is 13.4 Å². The van der Waals surface area contributed by atoms with Crippen LogP contribution in [0.4, 0.5) is 0 Å². The summed E-state index contributed by atoms with van der Waals surface area (Å²) >= 11 is 0. The third kappa shape index (κ3) is 4.92. The molecule has 0 aliphatic carbocycles. The van der Waals surface area contributed by atoms with Gasteiger partial charge >= 0.3 is 5.97 Å². The third-order valence-electron chi connectivity index (χ3n) is 4.54. The second-order valence-electron chi connectivity index (χ2n) is 6.74. The molecule has 0 amide bonds. The van der Waals surface area contributed by atoms with Crippen LogP contribution in [0, 0.1) is 0 Å². The predicted octanol–water partition coefficient (Wildman–Crippen LogP) is 2.83. The number of aromatic nitrogens is 1. The van der Waals surface area contributed by atoms with E-state index in [9.17, 15) is 26.7 Å². The number of ether oxygens (including phenoxy) is 1. The van der Waals surface area contributed by atoms with E-state index in [-0.39, 0.29) is 26.7 Å². The molecule has 1 N–H and O–H groups in total. The van der Waals surface area contributed by atoms with Crippen molar-refractivity contribution >= 4 is 25.6 Å². The third-order valence-corrected chi connectivity index (χ3v) is 7.33. The Balaban J connectivity index is 2.19. The number of aromatic carboxylic acids is 1. The fraction of sp³-hybridized carbons (Fsp3) is 0.143. The highest BCUT2D eigenvalue weighted by Gasteiger charge is 2.25. The summed E-state index contributed by atoms with van der Waals surface area (Å²) in [7, 11) is -6.43. The lowest BCUT2D eigenvalue weighted by Crippen LogP contribution is -2.10. The topological polar surface area (TPSA) is 128 Å². The Morgan fingerprint density at radius 1 is 1.03 bits per heavy atom. The first-order valence-corrected chi connectivity index (χ1v) is 12.5. The second-order valence-corrected chi connectivity index (χ2v) is 10.7. The fourth-order valence-corrected chi connectivity index (χ4v) is 5.27. The lowest BCUT2D eigenvalue weighted by Gasteiger charge is -2.14. The molecule has 1 heterocycles. The highest BCUT2D eigenvalue weighted by atomic mass is 32.2. The van der Waals surface area contributed by atoms with Crippen molar-refractivity contribution in [3.8, 4) is 17.0 Å². The van der Waals surface area contributed by atoms with Gasteiger partial charge in [-0.1, -0.05) is 12.1 Å². The molecule has 1 aromatic heterocycles. The molecule has 8 nitrogen and oxygen atoms in total. The number of carboxylic acid groups (broad SMARTS) is 1. The van der Waals surface area contributed by atoms with Crippen molar-refractivity contribution < 1.29 is 31.5 Å². The summed E-state index contributed by atoms with van der Waals surface area (Å²) in [5.74, 6) is -1.88. The van der Waals surface area contributed by atoms with Gasteiger partial charge in [0.15, 0.2) is 19.7 Å². The van der Waals surface area contributed by atoms with Crippen LogP contribution in [0.25, 0.3) is 11.3 Å². The minimum atomic E-state index is -4.12. The van der Waals surface area contributed by atoms with Crippen LogP contribution < -0.4 is 4.74 Å². The first kappa shape index (κ1) is 22.4. The Labute approximate surface area is 180 Å². The number of rotatable bonds is 7. The summed E-state index contributed by atoms with van der Waals surface area (Å²) < 4.78 is 55.7. The smallest absolute Gasteiger partial charge is 0.335 e. The molecule has 0 bridgehead atoms. The molecule has 0 saturated carbocycles. The van der Waals surface area contributed by atoms with Crippen LogP contribution in [-0.4, -0.2) is 46.3 Å². The Bertz CT molecular complexity index is 1350. The summed E-state index contributed by atoms with van der Waals surface area (Å²) in [6, 6.07) is 12.8. The Morgan fingerprint density at radius 3 is 2.35 bits per heavy atom. The molecule has 2 aromatic carbocycles. The number of hydrogen-bond donors (Lipinski definition) is 1. The molecule has 162 valence electrons. The van der Waals surface area contributed by atoms with Crippen LogP contribution in [0.1, 0.15) is 15.9 Å². The van der Waals surface area contributed by atoms with Crippen molar-refractivity contribution in [2.45, 2.75) is 15.5 Å². The quantitative estimate of drug-likeness (QED) is 0.569. The predicted molar refractivity (Wildman–Crippen MR) is 114 cm³/mol. The largest absolute Gasteiger partial charge is 0.495 e. The van der Waals surface area contributed by atoms with Gasteiger partial charge in [-0.2, -0.15) is 0 Å².